The van der Waals surface area contributed by atoms with Crippen molar-refractivity contribution in [3.63, 3.8) is 0 Å². The third-order valence-corrected chi connectivity index (χ3v) is 5.12. The van der Waals surface area contributed by atoms with Gasteiger partial charge in [0.1, 0.15) is 6.04 Å². The molecular weight excluding hydrogens is 350 g/mol. The maximum Gasteiger partial charge on any atom is 0.254 e. The van der Waals surface area contributed by atoms with Gasteiger partial charge in [-0.25, -0.2) is 0 Å². The van der Waals surface area contributed by atoms with E-state index in [4.69, 9.17) is 0 Å². The highest BCUT2D eigenvalue weighted by Gasteiger charge is 2.34. The first-order valence-electron chi connectivity index (χ1n) is 9.58. The summed E-state index contributed by atoms with van der Waals surface area (Å²) in [6.07, 6.45) is 5.43. The van der Waals surface area contributed by atoms with Crippen LogP contribution < -0.4 is 5.32 Å². The lowest BCUT2D eigenvalue weighted by molar-refractivity contribution is -0.125. The first kappa shape index (κ1) is 18.0. The number of hydrogen-bond acceptors (Lipinski definition) is 2. The van der Waals surface area contributed by atoms with Crippen molar-refractivity contribution < 1.29 is 9.59 Å². The predicted octanol–water partition coefficient (Wildman–Crippen LogP) is 3.40. The Hall–Kier alpha value is -3.34. The minimum Gasteiger partial charge on any atom is -0.350 e. The summed E-state index contributed by atoms with van der Waals surface area (Å²) in [5.74, 6) is -0.178. The number of carbonyl (C=O) groups excluding carboxylic acids is 2. The van der Waals surface area contributed by atoms with E-state index in [1.165, 1.54) is 0 Å². The van der Waals surface area contributed by atoms with Crippen LogP contribution in [0.5, 0.6) is 0 Å². The minimum atomic E-state index is -0.411. The van der Waals surface area contributed by atoms with Crippen LogP contribution in [-0.2, 0) is 11.3 Å². The van der Waals surface area contributed by atoms with Gasteiger partial charge in [-0.05, 0) is 48.7 Å². The van der Waals surface area contributed by atoms with Gasteiger partial charge >= 0.3 is 0 Å². The summed E-state index contributed by atoms with van der Waals surface area (Å²) in [5, 5.41) is 2.97. The molecule has 0 bridgehead atoms. The molecule has 3 aromatic rings. The summed E-state index contributed by atoms with van der Waals surface area (Å²) in [7, 11) is 0. The van der Waals surface area contributed by atoms with E-state index in [9.17, 15) is 9.59 Å². The Morgan fingerprint density at radius 2 is 1.75 bits per heavy atom. The second kappa shape index (κ2) is 8.13. The van der Waals surface area contributed by atoms with Gasteiger partial charge in [0, 0.05) is 36.7 Å². The number of amides is 2. The van der Waals surface area contributed by atoms with E-state index in [0.717, 1.165) is 17.7 Å². The standard InChI is InChI=1S/C23H23N3O2/c27-22(24-17-18-8-2-1-3-9-18)21-12-7-15-26(21)23(28)19-10-6-11-20(16-19)25-13-4-5-14-25/h1-6,8-11,13-14,16,21H,7,12,15,17H2,(H,24,27)/t21-/m0/s1. The third kappa shape index (κ3) is 3.83. The molecule has 142 valence electrons. The molecule has 1 saturated heterocycles. The quantitative estimate of drug-likeness (QED) is 0.745. The van der Waals surface area contributed by atoms with Crippen molar-refractivity contribution in [1.82, 2.24) is 14.8 Å². The zero-order valence-electron chi connectivity index (χ0n) is 15.6. The lowest BCUT2D eigenvalue weighted by atomic mass is 10.1. The lowest BCUT2D eigenvalue weighted by Gasteiger charge is -2.24. The molecule has 1 aliphatic heterocycles. The molecule has 5 heteroatoms. The van der Waals surface area contributed by atoms with Crippen LogP contribution in [0.2, 0.25) is 0 Å². The number of nitrogens with zero attached hydrogens (tertiary/aromatic N) is 2. The summed E-state index contributed by atoms with van der Waals surface area (Å²) >= 11 is 0. The first-order chi connectivity index (χ1) is 13.7. The zero-order valence-corrected chi connectivity index (χ0v) is 15.6. The van der Waals surface area contributed by atoms with Crippen LogP contribution in [0.4, 0.5) is 0 Å². The SMILES string of the molecule is O=C(NCc1ccccc1)[C@@H]1CCCN1C(=O)c1cccc(-n2cccc2)c1. The average Bonchev–Trinajstić information content (AvgIpc) is 3.44. The third-order valence-electron chi connectivity index (χ3n) is 5.12. The van der Waals surface area contributed by atoms with Crippen molar-refractivity contribution in [2.75, 3.05) is 6.54 Å². The molecule has 5 nitrogen and oxygen atoms in total. The van der Waals surface area contributed by atoms with Gasteiger partial charge in [-0.3, -0.25) is 9.59 Å². The molecule has 1 fully saturated rings. The Balaban J connectivity index is 1.46. The fraction of sp³-hybridized carbons (Fsp3) is 0.217. The van der Waals surface area contributed by atoms with Crippen molar-refractivity contribution in [1.29, 1.82) is 0 Å². The molecule has 0 radical (unpaired) electrons. The summed E-state index contributed by atoms with van der Waals surface area (Å²) in [6.45, 7) is 1.08. The topological polar surface area (TPSA) is 54.3 Å². The van der Waals surface area contributed by atoms with Gasteiger partial charge in [-0.15, -0.1) is 0 Å². The minimum absolute atomic E-state index is 0.0868. The highest BCUT2D eigenvalue weighted by Crippen LogP contribution is 2.22. The van der Waals surface area contributed by atoms with Crippen molar-refractivity contribution >= 4 is 11.8 Å². The normalized spacial score (nSPS) is 16.1. The maximum atomic E-state index is 13.1. The number of hydrogen-bond donors (Lipinski definition) is 1. The van der Waals surface area contributed by atoms with Crippen molar-refractivity contribution in [3.8, 4) is 5.69 Å². The Morgan fingerprint density at radius 1 is 0.964 bits per heavy atom. The molecule has 0 spiro atoms. The molecule has 2 amide bonds. The number of carbonyl (C=O) groups is 2. The Morgan fingerprint density at radius 3 is 2.54 bits per heavy atom. The molecule has 0 saturated carbocycles. The summed E-state index contributed by atoms with van der Waals surface area (Å²) in [5.41, 5.74) is 2.58. The molecule has 0 aliphatic carbocycles. The van der Waals surface area contributed by atoms with Crippen molar-refractivity contribution in [2.24, 2.45) is 0 Å². The molecule has 1 aromatic heterocycles. The summed E-state index contributed by atoms with van der Waals surface area (Å²) < 4.78 is 1.96. The average molecular weight is 373 g/mol. The molecular formula is C23H23N3O2. The second-order valence-electron chi connectivity index (χ2n) is 7.00. The van der Waals surface area contributed by atoms with Crippen LogP contribution in [0.3, 0.4) is 0 Å². The van der Waals surface area contributed by atoms with E-state index >= 15 is 0 Å². The highest BCUT2D eigenvalue weighted by atomic mass is 16.2. The first-order valence-corrected chi connectivity index (χ1v) is 9.58. The molecule has 2 aromatic carbocycles. The lowest BCUT2D eigenvalue weighted by Crippen LogP contribution is -2.45. The Bertz CT molecular complexity index is 951. The van der Waals surface area contributed by atoms with Gasteiger partial charge in [0.15, 0.2) is 0 Å². The number of nitrogens with one attached hydrogen (secondary N) is 1. The van der Waals surface area contributed by atoms with Crippen LogP contribution in [0.15, 0.2) is 79.1 Å². The van der Waals surface area contributed by atoms with E-state index in [1.807, 2.05) is 83.7 Å². The van der Waals surface area contributed by atoms with Gasteiger partial charge in [0.2, 0.25) is 5.91 Å². The zero-order chi connectivity index (χ0) is 19.3. The van der Waals surface area contributed by atoms with Gasteiger partial charge in [0.05, 0.1) is 0 Å². The van der Waals surface area contributed by atoms with Crippen LogP contribution in [0.1, 0.15) is 28.8 Å². The van der Waals surface area contributed by atoms with E-state index in [2.05, 4.69) is 5.32 Å². The van der Waals surface area contributed by atoms with Crippen molar-refractivity contribution in [2.45, 2.75) is 25.4 Å². The van der Waals surface area contributed by atoms with Crippen molar-refractivity contribution in [3.05, 3.63) is 90.3 Å². The molecule has 1 N–H and O–H groups in total. The molecule has 28 heavy (non-hydrogen) atoms. The van der Waals surface area contributed by atoms with Gasteiger partial charge in [-0.2, -0.15) is 0 Å². The number of aromatic nitrogens is 1. The highest BCUT2D eigenvalue weighted by molar-refractivity contribution is 5.98. The van der Waals surface area contributed by atoms with Crippen LogP contribution in [0, 0.1) is 0 Å². The van der Waals surface area contributed by atoms with Gasteiger partial charge in [-0.1, -0.05) is 36.4 Å². The number of benzene rings is 2. The molecule has 1 atom stereocenters. The molecule has 1 aliphatic rings. The molecule has 0 unspecified atom stereocenters. The summed E-state index contributed by atoms with van der Waals surface area (Å²) in [6, 6.07) is 20.8. The smallest absolute Gasteiger partial charge is 0.254 e. The monoisotopic (exact) mass is 373 g/mol. The van der Waals surface area contributed by atoms with Crippen LogP contribution in [0.25, 0.3) is 5.69 Å². The van der Waals surface area contributed by atoms with E-state index in [-0.39, 0.29) is 11.8 Å². The fourth-order valence-electron chi connectivity index (χ4n) is 3.66. The second-order valence-corrected chi connectivity index (χ2v) is 7.00. The Kier molecular flexibility index (Phi) is 5.24. The number of likely N-dealkylation sites (tertiary alicyclic amines) is 1. The maximum absolute atomic E-state index is 13.1. The summed E-state index contributed by atoms with van der Waals surface area (Å²) in [4.78, 5) is 27.5. The van der Waals surface area contributed by atoms with Gasteiger partial charge < -0.3 is 14.8 Å². The van der Waals surface area contributed by atoms with E-state index in [1.54, 1.807) is 4.90 Å². The molecule has 2 heterocycles. The largest absolute Gasteiger partial charge is 0.350 e. The van der Waals surface area contributed by atoms with Crippen LogP contribution in [-0.4, -0.2) is 33.9 Å². The van der Waals surface area contributed by atoms with E-state index in [0.29, 0.717) is 25.1 Å². The van der Waals surface area contributed by atoms with Gasteiger partial charge in [0.25, 0.3) is 5.91 Å². The number of rotatable bonds is 5. The Labute approximate surface area is 164 Å². The predicted molar refractivity (Wildman–Crippen MR) is 108 cm³/mol. The van der Waals surface area contributed by atoms with Crippen LogP contribution >= 0.6 is 0 Å². The molecule has 4 rings (SSSR count). The fourth-order valence-corrected chi connectivity index (χ4v) is 3.66. The van der Waals surface area contributed by atoms with E-state index < -0.39 is 6.04 Å².